The van der Waals surface area contributed by atoms with Crippen LogP contribution in [0.15, 0.2) is 0 Å². The highest BCUT2D eigenvalue weighted by atomic mass is 31.2. The minimum Gasteiger partial charge on any atom is -0.756 e. The van der Waals surface area contributed by atoms with Gasteiger partial charge in [0.25, 0.3) is 7.82 Å². The number of hydrogen-bond donors (Lipinski definition) is 0. The molecule has 0 aromatic carbocycles. The molecule has 0 aromatic rings. The van der Waals surface area contributed by atoms with E-state index in [2.05, 4.69) is 6.92 Å². The Bertz CT molecular complexity index is 320. The number of likely N-dealkylation sites (N-methyl/N-ethyl adjacent to an activating group) is 1. The molecule has 2 atom stereocenters. The quantitative estimate of drug-likeness (QED) is 0.276. The Morgan fingerprint density at radius 2 is 1.77 bits per heavy atom. The van der Waals surface area contributed by atoms with Gasteiger partial charge in [0.05, 0.1) is 33.9 Å². The Labute approximate surface area is 136 Å². The van der Waals surface area contributed by atoms with Crippen LogP contribution in [0.5, 0.6) is 0 Å². The molecular weight excluding hydrogens is 305 g/mol. The summed E-state index contributed by atoms with van der Waals surface area (Å²) in [5, 5.41) is 0. The van der Waals surface area contributed by atoms with Gasteiger partial charge in [-0.15, -0.1) is 0 Å². The molecule has 6 nitrogen and oxygen atoms in total. The van der Waals surface area contributed by atoms with Crippen LogP contribution in [0.2, 0.25) is 0 Å². The average molecular weight is 339 g/mol. The molecule has 0 fully saturated rings. The van der Waals surface area contributed by atoms with E-state index in [1.54, 1.807) is 0 Å². The van der Waals surface area contributed by atoms with Crippen LogP contribution in [0.1, 0.15) is 46.0 Å². The van der Waals surface area contributed by atoms with E-state index in [4.69, 9.17) is 13.8 Å². The van der Waals surface area contributed by atoms with Crippen LogP contribution in [0.25, 0.3) is 0 Å². The highest BCUT2D eigenvalue weighted by Crippen LogP contribution is 2.38. The van der Waals surface area contributed by atoms with Gasteiger partial charge in [-0.3, -0.25) is 4.57 Å². The summed E-state index contributed by atoms with van der Waals surface area (Å²) in [5.41, 5.74) is 0. The first-order chi connectivity index (χ1) is 10.2. The van der Waals surface area contributed by atoms with Crippen LogP contribution < -0.4 is 4.89 Å². The molecule has 134 valence electrons. The van der Waals surface area contributed by atoms with Gasteiger partial charge >= 0.3 is 0 Å². The van der Waals surface area contributed by atoms with Crippen LogP contribution in [-0.2, 0) is 18.3 Å². The van der Waals surface area contributed by atoms with Crippen LogP contribution in [-0.4, -0.2) is 58.1 Å². The zero-order chi connectivity index (χ0) is 17.1. The molecule has 0 radical (unpaired) electrons. The Morgan fingerprint density at radius 1 is 1.09 bits per heavy atom. The van der Waals surface area contributed by atoms with Gasteiger partial charge in [0.15, 0.2) is 0 Å². The standard InChI is InChI=1S/C15H34NO5P/c1-6-8-9-10-11-15(19-7-2)14-21-22(17,18)20-13-12-16(3,4)5/h15H,6-14H2,1-5H3. The molecule has 0 heterocycles. The van der Waals surface area contributed by atoms with E-state index in [9.17, 15) is 9.46 Å². The molecule has 0 aliphatic rings. The maximum atomic E-state index is 11.7. The first kappa shape index (κ1) is 22.0. The van der Waals surface area contributed by atoms with Gasteiger partial charge < -0.3 is 23.2 Å². The third kappa shape index (κ3) is 13.7. The van der Waals surface area contributed by atoms with Crippen molar-refractivity contribution in [1.29, 1.82) is 0 Å². The number of unbranched alkanes of at least 4 members (excludes halogenated alkanes) is 3. The maximum Gasteiger partial charge on any atom is 0.268 e. The Morgan fingerprint density at radius 3 is 2.32 bits per heavy atom. The second kappa shape index (κ2) is 11.5. The fraction of sp³-hybridized carbons (Fsp3) is 1.00. The van der Waals surface area contributed by atoms with Crippen LogP contribution in [0.3, 0.4) is 0 Å². The van der Waals surface area contributed by atoms with Crippen molar-refractivity contribution >= 4 is 7.82 Å². The zero-order valence-corrected chi connectivity index (χ0v) is 15.8. The van der Waals surface area contributed by atoms with Crippen LogP contribution in [0.4, 0.5) is 0 Å². The Kier molecular flexibility index (Phi) is 11.6. The molecule has 2 unspecified atom stereocenters. The molecule has 0 rings (SSSR count). The Balaban J connectivity index is 4.06. The average Bonchev–Trinajstić information content (AvgIpc) is 2.39. The van der Waals surface area contributed by atoms with Crippen LogP contribution >= 0.6 is 7.82 Å². The lowest BCUT2D eigenvalue weighted by Gasteiger charge is -2.28. The van der Waals surface area contributed by atoms with E-state index >= 15 is 0 Å². The minimum absolute atomic E-state index is 0.0329. The lowest BCUT2D eigenvalue weighted by atomic mass is 10.1. The summed E-state index contributed by atoms with van der Waals surface area (Å²) in [6, 6.07) is 0. The van der Waals surface area contributed by atoms with E-state index in [0.29, 0.717) is 17.6 Å². The lowest BCUT2D eigenvalue weighted by molar-refractivity contribution is -0.870. The first-order valence-corrected chi connectivity index (χ1v) is 9.68. The fourth-order valence-corrected chi connectivity index (χ4v) is 2.62. The van der Waals surface area contributed by atoms with Crippen molar-refractivity contribution in [3.8, 4) is 0 Å². The normalized spacial score (nSPS) is 16.5. The molecule has 0 aromatic heterocycles. The van der Waals surface area contributed by atoms with Gasteiger partial charge in [-0.05, 0) is 13.3 Å². The van der Waals surface area contributed by atoms with Crippen molar-refractivity contribution in [3.63, 3.8) is 0 Å². The number of hydrogen-bond acceptors (Lipinski definition) is 5. The highest BCUT2D eigenvalue weighted by molar-refractivity contribution is 7.45. The first-order valence-electron chi connectivity index (χ1n) is 8.22. The summed E-state index contributed by atoms with van der Waals surface area (Å²) in [7, 11) is 1.68. The predicted octanol–water partition coefficient (Wildman–Crippen LogP) is 2.57. The van der Waals surface area contributed by atoms with Gasteiger partial charge in [0.2, 0.25) is 0 Å². The summed E-state index contributed by atoms with van der Waals surface area (Å²) in [6.45, 7) is 5.36. The molecule has 7 heteroatoms. The molecular formula is C15H34NO5P. The van der Waals surface area contributed by atoms with E-state index in [-0.39, 0.29) is 19.3 Å². The number of phosphoric acid groups is 1. The second-order valence-electron chi connectivity index (χ2n) is 6.52. The summed E-state index contributed by atoms with van der Waals surface area (Å²) >= 11 is 0. The van der Waals surface area contributed by atoms with Gasteiger partial charge in [0.1, 0.15) is 13.2 Å². The van der Waals surface area contributed by atoms with E-state index in [0.717, 1.165) is 19.3 Å². The van der Waals surface area contributed by atoms with E-state index in [1.165, 1.54) is 12.8 Å². The third-order valence-electron chi connectivity index (χ3n) is 3.21. The van der Waals surface area contributed by atoms with Crippen molar-refractivity contribution in [2.75, 3.05) is 47.5 Å². The fourth-order valence-electron chi connectivity index (χ4n) is 1.89. The summed E-state index contributed by atoms with van der Waals surface area (Å²) in [5.74, 6) is 0. The zero-order valence-electron chi connectivity index (χ0n) is 14.9. The number of nitrogens with zero attached hydrogens (tertiary/aromatic N) is 1. The second-order valence-corrected chi connectivity index (χ2v) is 7.93. The molecule has 0 amide bonds. The minimum atomic E-state index is -4.24. The highest BCUT2D eigenvalue weighted by Gasteiger charge is 2.16. The monoisotopic (exact) mass is 339 g/mol. The predicted molar refractivity (Wildman–Crippen MR) is 86.6 cm³/mol. The molecule has 0 spiro atoms. The van der Waals surface area contributed by atoms with Crippen LogP contribution in [0, 0.1) is 0 Å². The number of phosphoric ester groups is 1. The molecule has 0 aliphatic carbocycles. The number of ether oxygens (including phenoxy) is 1. The lowest BCUT2D eigenvalue weighted by Crippen LogP contribution is -2.37. The van der Waals surface area contributed by atoms with Crippen molar-refractivity contribution in [3.05, 3.63) is 0 Å². The van der Waals surface area contributed by atoms with Crippen molar-refractivity contribution in [2.24, 2.45) is 0 Å². The number of rotatable bonds is 14. The molecule has 0 saturated carbocycles. The topological polar surface area (TPSA) is 67.8 Å². The van der Waals surface area contributed by atoms with Crippen molar-refractivity contribution in [2.45, 2.75) is 52.1 Å². The smallest absolute Gasteiger partial charge is 0.268 e. The molecule has 22 heavy (non-hydrogen) atoms. The Hall–Kier alpha value is 0.0300. The summed E-state index contributed by atoms with van der Waals surface area (Å²) in [6.07, 6.45) is 5.14. The maximum absolute atomic E-state index is 11.7. The molecule has 0 N–H and O–H groups in total. The van der Waals surface area contributed by atoms with Gasteiger partial charge in [-0.2, -0.15) is 0 Å². The van der Waals surface area contributed by atoms with E-state index < -0.39 is 7.82 Å². The van der Waals surface area contributed by atoms with E-state index in [1.807, 2.05) is 28.1 Å². The summed E-state index contributed by atoms with van der Waals surface area (Å²) < 4.78 is 27.7. The van der Waals surface area contributed by atoms with Crippen molar-refractivity contribution in [1.82, 2.24) is 0 Å². The third-order valence-corrected chi connectivity index (χ3v) is 4.18. The SMILES string of the molecule is CCCCCCC(COP(=O)([O-])OCC[N+](C)(C)C)OCC. The molecule has 0 bridgehead atoms. The van der Waals surface area contributed by atoms with Crippen molar-refractivity contribution < 1.29 is 27.7 Å². The number of quaternary nitrogens is 1. The van der Waals surface area contributed by atoms with Gasteiger partial charge in [0, 0.05) is 6.61 Å². The molecule has 0 aliphatic heterocycles. The largest absolute Gasteiger partial charge is 0.756 e. The van der Waals surface area contributed by atoms with Gasteiger partial charge in [-0.25, -0.2) is 0 Å². The molecule has 0 saturated heterocycles. The summed E-state index contributed by atoms with van der Waals surface area (Å²) in [4.78, 5) is 11.7. The van der Waals surface area contributed by atoms with Gasteiger partial charge in [-0.1, -0.05) is 32.6 Å².